The van der Waals surface area contributed by atoms with Crippen molar-refractivity contribution in [3.63, 3.8) is 0 Å². The highest BCUT2D eigenvalue weighted by Gasteiger charge is 2.08. The summed E-state index contributed by atoms with van der Waals surface area (Å²) in [5.41, 5.74) is 1.78. The van der Waals surface area contributed by atoms with Crippen LogP contribution in [-0.2, 0) is 4.79 Å². The van der Waals surface area contributed by atoms with Crippen LogP contribution in [0.1, 0.15) is 5.56 Å². The van der Waals surface area contributed by atoms with Crippen molar-refractivity contribution < 1.29 is 9.18 Å². The van der Waals surface area contributed by atoms with Crippen LogP contribution in [0.2, 0.25) is 5.02 Å². The van der Waals surface area contributed by atoms with E-state index in [0.717, 1.165) is 11.3 Å². The van der Waals surface area contributed by atoms with Crippen LogP contribution in [0.5, 0.6) is 0 Å². The van der Waals surface area contributed by atoms with Gasteiger partial charge < -0.3 is 10.6 Å². The Morgan fingerprint density at radius 1 is 1.29 bits per heavy atom. The van der Waals surface area contributed by atoms with Crippen molar-refractivity contribution in [3.8, 4) is 0 Å². The maximum Gasteiger partial charge on any atom is 0.243 e. The zero-order valence-corrected chi connectivity index (χ0v) is 13.6. The molecule has 2 rings (SSSR count). The maximum absolute atomic E-state index is 13.6. The molecule has 0 radical (unpaired) electrons. The second kappa shape index (κ2) is 6.91. The molecule has 0 aliphatic heterocycles. The second-order valence-corrected chi connectivity index (χ2v) is 5.76. The number of hydrogen-bond acceptors (Lipinski definition) is 2. The molecule has 110 valence electrons. The number of benzene rings is 2. The maximum atomic E-state index is 13.6. The van der Waals surface area contributed by atoms with E-state index >= 15 is 0 Å². The Hall–Kier alpha value is -1.59. The van der Waals surface area contributed by atoms with Crippen molar-refractivity contribution in [1.29, 1.82) is 0 Å². The first kappa shape index (κ1) is 15.8. The summed E-state index contributed by atoms with van der Waals surface area (Å²) in [6, 6.07) is 9.86. The molecule has 0 bridgehead atoms. The predicted molar refractivity (Wildman–Crippen MR) is 87.4 cm³/mol. The van der Waals surface area contributed by atoms with Crippen molar-refractivity contribution >= 4 is 44.8 Å². The summed E-state index contributed by atoms with van der Waals surface area (Å²) in [7, 11) is 0. The Bertz CT molecular complexity index is 679. The fourth-order valence-corrected chi connectivity index (χ4v) is 2.27. The Morgan fingerprint density at radius 2 is 2.05 bits per heavy atom. The molecule has 0 aliphatic rings. The summed E-state index contributed by atoms with van der Waals surface area (Å²) in [5.74, 6) is -0.827. The first-order valence-electron chi connectivity index (χ1n) is 6.21. The monoisotopic (exact) mass is 370 g/mol. The van der Waals surface area contributed by atoms with E-state index in [4.69, 9.17) is 11.6 Å². The van der Waals surface area contributed by atoms with Crippen molar-refractivity contribution in [2.45, 2.75) is 6.92 Å². The van der Waals surface area contributed by atoms with Gasteiger partial charge in [0.2, 0.25) is 5.91 Å². The normalized spacial score (nSPS) is 10.3. The van der Waals surface area contributed by atoms with E-state index in [1.165, 1.54) is 12.1 Å². The minimum Gasteiger partial charge on any atom is -0.376 e. The molecule has 2 aromatic rings. The molecule has 3 nitrogen and oxygen atoms in total. The zero-order valence-electron chi connectivity index (χ0n) is 11.2. The van der Waals surface area contributed by atoms with E-state index in [0.29, 0.717) is 9.50 Å². The standard InChI is InChI=1S/C15H13BrClFN2O/c1-9-11(17)3-2-4-13(9)19-8-15(21)20-14-6-5-10(16)7-12(14)18/h2-7,19H,8H2,1H3,(H,20,21). The number of rotatable bonds is 4. The third kappa shape index (κ3) is 4.19. The van der Waals surface area contributed by atoms with E-state index in [-0.39, 0.29) is 18.1 Å². The van der Waals surface area contributed by atoms with E-state index in [1.54, 1.807) is 18.2 Å². The lowest BCUT2D eigenvalue weighted by Gasteiger charge is -2.11. The SMILES string of the molecule is Cc1c(Cl)cccc1NCC(=O)Nc1ccc(Br)cc1F. The van der Waals surface area contributed by atoms with Crippen LogP contribution in [0.25, 0.3) is 0 Å². The largest absolute Gasteiger partial charge is 0.376 e. The average molecular weight is 372 g/mol. The molecule has 0 fully saturated rings. The minimum atomic E-state index is -0.489. The predicted octanol–water partition coefficient (Wildman–Crippen LogP) is 4.60. The summed E-state index contributed by atoms with van der Waals surface area (Å²) in [6.45, 7) is 1.88. The van der Waals surface area contributed by atoms with Crippen molar-refractivity contribution in [2.75, 3.05) is 17.2 Å². The van der Waals surface area contributed by atoms with Crippen LogP contribution in [0.4, 0.5) is 15.8 Å². The van der Waals surface area contributed by atoms with Gasteiger partial charge in [-0.3, -0.25) is 4.79 Å². The number of carbonyl (C=O) groups excluding carboxylic acids is 1. The first-order chi connectivity index (χ1) is 9.97. The molecule has 0 heterocycles. The molecule has 21 heavy (non-hydrogen) atoms. The number of amides is 1. The number of halogens is 3. The molecule has 2 aromatic carbocycles. The highest BCUT2D eigenvalue weighted by Crippen LogP contribution is 2.23. The van der Waals surface area contributed by atoms with E-state index < -0.39 is 5.82 Å². The summed E-state index contributed by atoms with van der Waals surface area (Å²) in [6.07, 6.45) is 0. The van der Waals surface area contributed by atoms with Gasteiger partial charge in [-0.15, -0.1) is 0 Å². The Kier molecular flexibility index (Phi) is 5.20. The van der Waals surface area contributed by atoms with Gasteiger partial charge in [0.05, 0.1) is 12.2 Å². The molecule has 0 aliphatic carbocycles. The first-order valence-corrected chi connectivity index (χ1v) is 7.38. The van der Waals surface area contributed by atoms with Gasteiger partial charge in [-0.1, -0.05) is 33.6 Å². The summed E-state index contributed by atoms with van der Waals surface area (Å²) < 4.78 is 14.2. The fraction of sp³-hybridized carbons (Fsp3) is 0.133. The molecule has 2 N–H and O–H groups in total. The van der Waals surface area contributed by atoms with Gasteiger partial charge in [0, 0.05) is 15.2 Å². The highest BCUT2D eigenvalue weighted by molar-refractivity contribution is 9.10. The number of anilines is 2. The molecule has 0 unspecified atom stereocenters. The van der Waals surface area contributed by atoms with Crippen molar-refractivity contribution in [2.24, 2.45) is 0 Å². The molecule has 0 atom stereocenters. The van der Waals surface area contributed by atoms with E-state index in [2.05, 4.69) is 26.6 Å². The minimum absolute atomic E-state index is 0.0245. The highest BCUT2D eigenvalue weighted by atomic mass is 79.9. The van der Waals surface area contributed by atoms with Crippen LogP contribution >= 0.6 is 27.5 Å². The van der Waals surface area contributed by atoms with Crippen molar-refractivity contribution in [3.05, 3.63) is 57.3 Å². The van der Waals surface area contributed by atoms with Gasteiger partial charge >= 0.3 is 0 Å². The van der Waals surface area contributed by atoms with Crippen molar-refractivity contribution in [1.82, 2.24) is 0 Å². The summed E-state index contributed by atoms with van der Waals surface area (Å²) in [4.78, 5) is 11.8. The number of hydrogen-bond donors (Lipinski definition) is 2. The topological polar surface area (TPSA) is 41.1 Å². The smallest absolute Gasteiger partial charge is 0.243 e. The van der Waals surface area contributed by atoms with Gasteiger partial charge in [0.1, 0.15) is 5.82 Å². The van der Waals surface area contributed by atoms with Crippen LogP contribution in [-0.4, -0.2) is 12.5 Å². The molecule has 0 aromatic heterocycles. The molecular formula is C15H13BrClFN2O. The molecule has 0 saturated carbocycles. The molecular weight excluding hydrogens is 359 g/mol. The lowest BCUT2D eigenvalue weighted by molar-refractivity contribution is -0.114. The lowest BCUT2D eigenvalue weighted by Crippen LogP contribution is -2.22. The summed E-state index contributed by atoms with van der Waals surface area (Å²) >= 11 is 9.16. The quantitative estimate of drug-likeness (QED) is 0.824. The summed E-state index contributed by atoms with van der Waals surface area (Å²) in [5, 5.41) is 6.11. The van der Waals surface area contributed by atoms with Crippen LogP contribution in [0.15, 0.2) is 40.9 Å². The van der Waals surface area contributed by atoms with Crippen LogP contribution in [0.3, 0.4) is 0 Å². The van der Waals surface area contributed by atoms with Gasteiger partial charge in [-0.25, -0.2) is 4.39 Å². The van der Waals surface area contributed by atoms with Gasteiger partial charge in [-0.05, 0) is 42.8 Å². The Labute approximate surface area is 135 Å². The lowest BCUT2D eigenvalue weighted by atomic mass is 10.2. The van der Waals surface area contributed by atoms with Crippen LogP contribution < -0.4 is 10.6 Å². The third-order valence-corrected chi connectivity index (χ3v) is 3.82. The third-order valence-electron chi connectivity index (χ3n) is 2.91. The number of carbonyl (C=O) groups is 1. The fourth-order valence-electron chi connectivity index (χ4n) is 1.76. The average Bonchev–Trinajstić information content (AvgIpc) is 2.43. The second-order valence-electron chi connectivity index (χ2n) is 4.44. The molecule has 6 heteroatoms. The Balaban J connectivity index is 1.97. The van der Waals surface area contributed by atoms with Gasteiger partial charge in [-0.2, -0.15) is 0 Å². The zero-order chi connectivity index (χ0) is 15.4. The van der Waals surface area contributed by atoms with E-state index in [1.807, 2.05) is 13.0 Å². The number of nitrogens with one attached hydrogen (secondary N) is 2. The molecule has 0 spiro atoms. The molecule has 1 amide bonds. The Morgan fingerprint density at radius 3 is 2.76 bits per heavy atom. The van der Waals surface area contributed by atoms with Gasteiger partial charge in [0.15, 0.2) is 0 Å². The van der Waals surface area contributed by atoms with Crippen LogP contribution in [0, 0.1) is 12.7 Å². The molecule has 0 saturated heterocycles. The van der Waals surface area contributed by atoms with E-state index in [9.17, 15) is 9.18 Å². The van der Waals surface area contributed by atoms with Gasteiger partial charge in [0.25, 0.3) is 0 Å².